The molecule has 0 bridgehead atoms. The Labute approximate surface area is 733 Å². The van der Waals surface area contributed by atoms with E-state index in [0.717, 1.165) is 141 Å². The van der Waals surface area contributed by atoms with E-state index in [1.54, 1.807) is 0 Å². The molecule has 23 heteroatoms. The number of phosphoric acid groups is 2. The van der Waals surface area contributed by atoms with Gasteiger partial charge < -0.3 is 59.8 Å². The molecule has 0 spiro atoms. The van der Waals surface area contributed by atoms with Crippen molar-refractivity contribution in [2.24, 2.45) is 0 Å². The number of phosphoric ester groups is 2. The average molecular weight is 1650 g/mol. The fourth-order valence-corrected chi connectivity index (χ4v) is 16.1. The Hall–Kier alpha value is -0.630. The molecule has 0 aromatic carbocycles. The van der Waals surface area contributed by atoms with Crippen LogP contribution in [0, 0.1) is 0 Å². The van der Waals surface area contributed by atoms with E-state index < -0.39 is 47.0 Å². The minimum Gasteiger partial charge on any atom is -0.756 e. The van der Waals surface area contributed by atoms with Crippen molar-refractivity contribution in [3.05, 3.63) is 0 Å². The molecular weight excluding hydrogens is 1470 g/mol. The van der Waals surface area contributed by atoms with Crippen molar-refractivity contribution in [1.82, 2.24) is 31.9 Å². The zero-order valence-electron chi connectivity index (χ0n) is 74.3. The Morgan fingerprint density at radius 3 is 0.643 bits per heavy atom. The summed E-state index contributed by atoms with van der Waals surface area (Å²) in [5, 5.41) is 17.8. The van der Waals surface area contributed by atoms with Crippen molar-refractivity contribution in [3.63, 3.8) is 0 Å². The fourth-order valence-electron chi connectivity index (χ4n) is 14.6. The molecule has 6 atom stereocenters. The summed E-state index contributed by atoms with van der Waals surface area (Å²) in [6, 6.07) is -2.36. The normalized spacial score (nSPS) is 13.6. The van der Waals surface area contributed by atoms with Crippen LogP contribution >= 0.6 is 15.6 Å². The van der Waals surface area contributed by atoms with Crippen LogP contribution < -0.4 is 101 Å². The molecule has 0 aliphatic heterocycles. The molecule has 0 aromatic rings. The van der Waals surface area contributed by atoms with E-state index in [2.05, 4.69) is 73.4 Å². The van der Waals surface area contributed by atoms with Gasteiger partial charge in [-0.15, -0.1) is 0 Å². The maximum Gasteiger partial charge on any atom is 1.00 e. The van der Waals surface area contributed by atoms with Gasteiger partial charge in [-0.3, -0.25) is 28.3 Å². The van der Waals surface area contributed by atoms with Crippen molar-refractivity contribution >= 4 is 45.3 Å². The second kappa shape index (κ2) is 88.2. The van der Waals surface area contributed by atoms with Gasteiger partial charge in [0.05, 0.1) is 38.5 Å². The standard InChI is InChI=1S/C89H178N6O13P2.2Na/c1-7-13-19-25-31-35-39-43-49-55-61-67-85(96)92-81(65-59-53-47-29-23-17-11-5)71-73-83(94-87(98)69-63-57-51-45-41-37-33-27-21-15-9-3)79-107-109(101,102)105-77-75-90-89(100)91-76-78-106-110(103,104)108-80-84(95-88(99)70-64-58-52-46-42-38-34-28-22-16-10-4)74-72-82(66-60-54-48-30-24-18-12-6)93-86(97)68-62-56-50-44-40-36-32-26-20-14-8-2;;/h81-84H,7-80H2,1-6H3,(H,92,96)(H,93,97)(H,94,98)(H,95,99)(H,101,102)(H,103,104)(H2,90,91,100);;/q;2*+1/p-2/t81?,82?,83-,84-;;/m1../s1. The molecule has 0 fully saturated rings. The van der Waals surface area contributed by atoms with Gasteiger partial charge in [0.15, 0.2) is 0 Å². The first-order chi connectivity index (χ1) is 53.5. The molecule has 0 aliphatic carbocycles. The Morgan fingerprint density at radius 1 is 0.250 bits per heavy atom. The van der Waals surface area contributed by atoms with Crippen LogP contribution in [0.3, 0.4) is 0 Å². The van der Waals surface area contributed by atoms with Crippen LogP contribution in [-0.2, 0) is 46.4 Å². The van der Waals surface area contributed by atoms with E-state index in [-0.39, 0.29) is 121 Å². The molecule has 0 radical (unpaired) electrons. The number of nitrogens with one attached hydrogen (secondary N) is 6. The van der Waals surface area contributed by atoms with Crippen LogP contribution in [0.15, 0.2) is 0 Å². The van der Waals surface area contributed by atoms with Crippen molar-refractivity contribution < 1.29 is 120 Å². The summed E-state index contributed by atoms with van der Waals surface area (Å²) in [6.45, 7) is 11.3. The number of carbonyl (C=O) groups excluding carboxylic acids is 5. The molecule has 0 heterocycles. The quantitative estimate of drug-likeness (QED) is 0.0188. The topological polar surface area (TPSA) is 275 Å². The van der Waals surface area contributed by atoms with Crippen molar-refractivity contribution in [3.8, 4) is 0 Å². The molecule has 652 valence electrons. The van der Waals surface area contributed by atoms with Gasteiger partial charge in [-0.25, -0.2) is 4.79 Å². The van der Waals surface area contributed by atoms with Crippen LogP contribution in [0.5, 0.6) is 0 Å². The third-order valence-corrected chi connectivity index (χ3v) is 23.6. The molecule has 112 heavy (non-hydrogen) atoms. The van der Waals surface area contributed by atoms with Gasteiger partial charge in [0, 0.05) is 50.9 Å². The Kier molecular flexibility index (Phi) is 90.9. The largest absolute Gasteiger partial charge is 1.00 e. The Bertz CT molecular complexity index is 2040. The van der Waals surface area contributed by atoms with Gasteiger partial charge in [0.1, 0.15) is 0 Å². The third kappa shape index (κ3) is 84.4. The molecule has 0 aromatic heterocycles. The molecule has 6 N–H and O–H groups in total. The maximum atomic E-state index is 13.5. The SMILES string of the molecule is CCCCCCCCCCCCCC(=O)NC(CCCCCCCCC)CC[C@H](COP(=O)([O-])OCCNC(=O)NCCOP(=O)([O-])OC[C@@H](CCC(CCCCCCCCC)NC(=O)CCCCCCCCCCCCC)NC(=O)CCCCCCCCCCCCC)NC(=O)CCCCCCCCCCCCC.[Na+].[Na+]. The number of amides is 6. The molecule has 0 saturated heterocycles. The monoisotopic (exact) mass is 1650 g/mol. The zero-order valence-corrected chi connectivity index (χ0v) is 80.1. The Balaban J connectivity index is -0.0000594. The summed E-state index contributed by atoms with van der Waals surface area (Å²) in [5.74, 6) is -0.305. The van der Waals surface area contributed by atoms with E-state index in [0.29, 0.717) is 51.4 Å². The van der Waals surface area contributed by atoms with Gasteiger partial charge in [-0.05, 0) is 64.2 Å². The van der Waals surface area contributed by atoms with Gasteiger partial charge in [-0.2, -0.15) is 0 Å². The summed E-state index contributed by atoms with van der Waals surface area (Å²) in [5.41, 5.74) is 0. The second-order valence-electron chi connectivity index (χ2n) is 32.5. The zero-order chi connectivity index (χ0) is 80.6. The van der Waals surface area contributed by atoms with Crippen molar-refractivity contribution in [2.45, 2.75) is 502 Å². The molecular formula is C89H176N6Na2O13P2. The number of rotatable bonds is 88. The summed E-state index contributed by atoms with van der Waals surface area (Å²) in [6.07, 6.45) is 72.8. The number of urea groups is 1. The van der Waals surface area contributed by atoms with E-state index in [4.69, 9.17) is 18.1 Å². The van der Waals surface area contributed by atoms with E-state index in [1.807, 2.05) is 0 Å². The van der Waals surface area contributed by atoms with Crippen LogP contribution in [0.2, 0.25) is 0 Å². The van der Waals surface area contributed by atoms with E-state index >= 15 is 0 Å². The van der Waals surface area contributed by atoms with Crippen LogP contribution in [0.4, 0.5) is 4.79 Å². The van der Waals surface area contributed by atoms with Crippen LogP contribution in [-0.4, -0.2) is 93.3 Å². The summed E-state index contributed by atoms with van der Waals surface area (Å²) >= 11 is 0. The predicted molar refractivity (Wildman–Crippen MR) is 456 cm³/mol. The molecule has 4 unspecified atom stereocenters. The second-order valence-corrected chi connectivity index (χ2v) is 35.3. The maximum absolute atomic E-state index is 13.5. The molecule has 0 rings (SSSR count). The summed E-state index contributed by atoms with van der Waals surface area (Å²) in [4.78, 5) is 93.3. The van der Waals surface area contributed by atoms with Gasteiger partial charge in [0.25, 0.3) is 15.6 Å². The molecule has 0 saturated carbocycles. The number of unbranched alkanes of at least 4 members (excludes halogenated alkanes) is 52. The minimum absolute atomic E-state index is 0. The van der Waals surface area contributed by atoms with E-state index in [1.165, 1.54) is 244 Å². The average Bonchev–Trinajstić information content (AvgIpc) is 0.903. The van der Waals surface area contributed by atoms with Gasteiger partial charge >= 0.3 is 65.1 Å². The first-order valence-electron chi connectivity index (χ1n) is 46.9. The van der Waals surface area contributed by atoms with Crippen LogP contribution in [0.25, 0.3) is 0 Å². The van der Waals surface area contributed by atoms with Gasteiger partial charge in [-0.1, -0.05) is 388 Å². The smallest absolute Gasteiger partial charge is 0.756 e. The van der Waals surface area contributed by atoms with Crippen molar-refractivity contribution in [1.29, 1.82) is 0 Å². The molecule has 0 aliphatic rings. The number of hydrogen-bond donors (Lipinski definition) is 6. The predicted octanol–water partition coefficient (Wildman–Crippen LogP) is 17.9. The number of carbonyl (C=O) groups is 5. The molecule has 6 amide bonds. The first-order valence-corrected chi connectivity index (χ1v) is 49.8. The van der Waals surface area contributed by atoms with Crippen LogP contribution in [0.1, 0.15) is 478 Å². The third-order valence-electron chi connectivity index (χ3n) is 21.7. The Morgan fingerprint density at radius 2 is 0.429 bits per heavy atom. The summed E-state index contributed by atoms with van der Waals surface area (Å²) in [7, 11) is -9.87. The molecule has 19 nitrogen and oxygen atoms in total. The van der Waals surface area contributed by atoms with Gasteiger partial charge in [0.2, 0.25) is 23.6 Å². The first kappa shape index (κ1) is 116. The minimum atomic E-state index is -4.93. The van der Waals surface area contributed by atoms with E-state index in [9.17, 15) is 42.9 Å². The fraction of sp³-hybridized carbons (Fsp3) is 0.944. The van der Waals surface area contributed by atoms with Crippen molar-refractivity contribution in [2.75, 3.05) is 39.5 Å². The number of hydrogen-bond acceptors (Lipinski definition) is 13. The summed E-state index contributed by atoms with van der Waals surface area (Å²) < 4.78 is 47.7.